The van der Waals surface area contributed by atoms with Crippen molar-refractivity contribution in [3.63, 3.8) is 0 Å². The highest BCUT2D eigenvalue weighted by Gasteiger charge is 2.15. The molecule has 0 saturated carbocycles. The highest BCUT2D eigenvalue weighted by Crippen LogP contribution is 2.20. The number of carbonyl (C=O) groups is 1. The monoisotopic (exact) mass is 365 g/mol. The zero-order chi connectivity index (χ0) is 19.2. The second kappa shape index (κ2) is 8.71. The number of carbonyl (C=O) groups excluding carboxylic acids is 1. The first-order chi connectivity index (χ1) is 13.0. The number of hydrogen-bond donors (Lipinski definition) is 1. The second-order valence-electron chi connectivity index (χ2n) is 7.33. The predicted octanol–water partition coefficient (Wildman–Crippen LogP) is 4.47. The molecule has 27 heavy (non-hydrogen) atoms. The van der Waals surface area contributed by atoms with Crippen molar-refractivity contribution in [2.45, 2.75) is 46.3 Å². The number of nitrogens with one attached hydrogen (secondary N) is 1. The Morgan fingerprint density at radius 3 is 2.67 bits per heavy atom. The number of nitrogens with zero attached hydrogens (tertiary/aromatic N) is 2. The molecule has 1 aromatic carbocycles. The minimum absolute atomic E-state index is 0.100. The number of fused-ring (bicyclic) bond motifs is 1. The molecule has 0 bridgehead atoms. The lowest BCUT2D eigenvalue weighted by atomic mass is 10.0. The molecule has 2 aromatic heterocycles. The summed E-state index contributed by atoms with van der Waals surface area (Å²) in [5, 5.41) is 3.07. The molecule has 2 heterocycles. The third-order valence-corrected chi connectivity index (χ3v) is 4.48. The topological polar surface area (TPSA) is 55.6 Å². The molecule has 0 aliphatic carbocycles. The van der Waals surface area contributed by atoms with Crippen LogP contribution in [0.3, 0.4) is 0 Å². The first-order valence-corrected chi connectivity index (χ1v) is 9.48. The molecule has 0 aliphatic rings. The third kappa shape index (κ3) is 5.09. The molecule has 1 amide bonds. The van der Waals surface area contributed by atoms with Crippen LogP contribution in [0.2, 0.25) is 0 Å². The van der Waals surface area contributed by atoms with Gasteiger partial charge >= 0.3 is 0 Å². The van der Waals surface area contributed by atoms with Gasteiger partial charge in [-0.05, 0) is 49.9 Å². The summed E-state index contributed by atoms with van der Waals surface area (Å²) in [6, 6.07) is 13.3. The molecule has 0 aliphatic heterocycles. The summed E-state index contributed by atoms with van der Waals surface area (Å²) in [5.41, 5.74) is 2.25. The van der Waals surface area contributed by atoms with Gasteiger partial charge in [-0.15, -0.1) is 0 Å². The fraction of sp³-hybridized carbons (Fsp3) is 0.364. The lowest BCUT2D eigenvalue weighted by Gasteiger charge is -2.16. The van der Waals surface area contributed by atoms with Crippen molar-refractivity contribution in [1.82, 2.24) is 14.7 Å². The van der Waals surface area contributed by atoms with Crippen molar-refractivity contribution < 1.29 is 9.53 Å². The Hall–Kier alpha value is -2.82. The lowest BCUT2D eigenvalue weighted by molar-refractivity contribution is 0.0932. The molecule has 5 nitrogen and oxygen atoms in total. The molecule has 1 unspecified atom stereocenters. The van der Waals surface area contributed by atoms with Crippen LogP contribution in [-0.4, -0.2) is 21.3 Å². The average Bonchev–Trinajstić information content (AvgIpc) is 3.08. The molecule has 1 atom stereocenters. The number of amides is 1. The zero-order valence-electron chi connectivity index (χ0n) is 16.2. The van der Waals surface area contributed by atoms with E-state index >= 15 is 0 Å². The number of benzene rings is 1. The number of aromatic nitrogens is 2. The molecule has 3 aromatic rings. The van der Waals surface area contributed by atoms with Crippen LogP contribution in [0, 0.1) is 5.92 Å². The Labute approximate surface area is 160 Å². The van der Waals surface area contributed by atoms with E-state index in [4.69, 9.17) is 4.74 Å². The fourth-order valence-electron chi connectivity index (χ4n) is 2.95. The van der Waals surface area contributed by atoms with Crippen molar-refractivity contribution in [3.05, 3.63) is 66.1 Å². The highest BCUT2D eigenvalue weighted by atomic mass is 16.5. The predicted molar refractivity (Wildman–Crippen MR) is 107 cm³/mol. The van der Waals surface area contributed by atoms with Gasteiger partial charge in [-0.2, -0.15) is 0 Å². The maximum absolute atomic E-state index is 12.7. The Bertz CT molecular complexity index is 868. The maximum atomic E-state index is 12.7. The van der Waals surface area contributed by atoms with Gasteiger partial charge in [-0.3, -0.25) is 4.79 Å². The number of para-hydroxylation sites is 1. The van der Waals surface area contributed by atoms with Gasteiger partial charge in [-0.1, -0.05) is 32.0 Å². The smallest absolute Gasteiger partial charge is 0.255 e. The van der Waals surface area contributed by atoms with Gasteiger partial charge in [0, 0.05) is 18.4 Å². The average molecular weight is 365 g/mol. The zero-order valence-corrected chi connectivity index (χ0v) is 16.2. The summed E-state index contributed by atoms with van der Waals surface area (Å²) < 4.78 is 7.87. The van der Waals surface area contributed by atoms with Crippen molar-refractivity contribution in [2.75, 3.05) is 0 Å². The molecule has 0 radical (unpaired) electrons. The van der Waals surface area contributed by atoms with Crippen molar-refractivity contribution in [3.8, 4) is 5.75 Å². The van der Waals surface area contributed by atoms with E-state index in [-0.39, 0.29) is 11.9 Å². The molecule has 5 heteroatoms. The van der Waals surface area contributed by atoms with Gasteiger partial charge < -0.3 is 14.5 Å². The number of rotatable bonds is 8. The van der Waals surface area contributed by atoms with E-state index in [9.17, 15) is 4.79 Å². The number of pyridine rings is 1. The molecule has 142 valence electrons. The summed E-state index contributed by atoms with van der Waals surface area (Å²) in [7, 11) is 0. The fourth-order valence-corrected chi connectivity index (χ4v) is 2.95. The Balaban J connectivity index is 1.65. The molecule has 3 rings (SSSR count). The Kier molecular flexibility index (Phi) is 6.12. The van der Waals surface area contributed by atoms with Crippen molar-refractivity contribution in [1.29, 1.82) is 0 Å². The van der Waals surface area contributed by atoms with Gasteiger partial charge in [0.1, 0.15) is 18.0 Å². The lowest BCUT2D eigenvalue weighted by Crippen LogP contribution is -2.33. The highest BCUT2D eigenvalue weighted by molar-refractivity contribution is 5.97. The molecule has 0 fully saturated rings. The molecule has 1 N–H and O–H groups in total. The molecular formula is C22H27N3O2. The maximum Gasteiger partial charge on any atom is 0.255 e. The van der Waals surface area contributed by atoms with E-state index in [0.717, 1.165) is 24.2 Å². The van der Waals surface area contributed by atoms with E-state index in [2.05, 4.69) is 24.1 Å². The molecule has 0 spiro atoms. The molecule has 0 saturated heterocycles. The summed E-state index contributed by atoms with van der Waals surface area (Å²) in [5.74, 6) is 1.10. The largest absolute Gasteiger partial charge is 0.486 e. The van der Waals surface area contributed by atoms with Crippen LogP contribution in [0.15, 0.2) is 54.9 Å². The Morgan fingerprint density at radius 2 is 1.89 bits per heavy atom. The summed E-state index contributed by atoms with van der Waals surface area (Å²) in [4.78, 5) is 17.2. The summed E-state index contributed by atoms with van der Waals surface area (Å²) in [6.45, 7) is 6.74. The SMILES string of the molecule is CC(C)CCC(C)NC(=O)c1ccccc1OCc1cn2ccccc2n1. The minimum Gasteiger partial charge on any atom is -0.486 e. The first kappa shape index (κ1) is 19.0. The summed E-state index contributed by atoms with van der Waals surface area (Å²) >= 11 is 0. The quantitative estimate of drug-likeness (QED) is 0.641. The van der Waals surface area contributed by atoms with Crippen molar-refractivity contribution in [2.24, 2.45) is 5.92 Å². The van der Waals surface area contributed by atoms with E-state index in [1.807, 2.05) is 60.1 Å². The second-order valence-corrected chi connectivity index (χ2v) is 7.33. The van der Waals surface area contributed by atoms with E-state index in [0.29, 0.717) is 23.8 Å². The van der Waals surface area contributed by atoms with Crippen molar-refractivity contribution >= 4 is 11.6 Å². The number of imidazole rings is 1. The number of ether oxygens (including phenoxy) is 1. The van der Waals surface area contributed by atoms with Crippen LogP contribution in [0.5, 0.6) is 5.75 Å². The van der Waals surface area contributed by atoms with E-state index < -0.39 is 0 Å². The summed E-state index contributed by atoms with van der Waals surface area (Å²) in [6.07, 6.45) is 5.94. The van der Waals surface area contributed by atoms with Gasteiger partial charge in [0.25, 0.3) is 5.91 Å². The molecular weight excluding hydrogens is 338 g/mol. The normalized spacial score (nSPS) is 12.3. The van der Waals surface area contributed by atoms with Gasteiger partial charge in [-0.25, -0.2) is 4.98 Å². The van der Waals surface area contributed by atoms with E-state index in [1.165, 1.54) is 0 Å². The van der Waals surface area contributed by atoms with Crippen LogP contribution >= 0.6 is 0 Å². The van der Waals surface area contributed by atoms with Crippen LogP contribution in [-0.2, 0) is 6.61 Å². The van der Waals surface area contributed by atoms with Gasteiger partial charge in [0.15, 0.2) is 0 Å². The van der Waals surface area contributed by atoms with Gasteiger partial charge in [0.05, 0.1) is 11.3 Å². The van der Waals surface area contributed by atoms with Crippen LogP contribution < -0.4 is 10.1 Å². The Morgan fingerprint density at radius 1 is 1.11 bits per heavy atom. The van der Waals surface area contributed by atoms with E-state index in [1.54, 1.807) is 6.07 Å². The minimum atomic E-state index is -0.100. The van der Waals surface area contributed by atoms with Crippen LogP contribution in [0.4, 0.5) is 0 Å². The number of hydrogen-bond acceptors (Lipinski definition) is 3. The first-order valence-electron chi connectivity index (χ1n) is 9.48. The third-order valence-electron chi connectivity index (χ3n) is 4.48. The van der Waals surface area contributed by atoms with Crippen LogP contribution in [0.25, 0.3) is 5.65 Å². The standard InChI is InChI=1S/C22H27N3O2/c1-16(2)11-12-17(3)23-22(26)19-8-4-5-9-20(19)27-15-18-14-25-13-7-6-10-21(25)24-18/h4-10,13-14,16-17H,11-12,15H2,1-3H3,(H,23,26). The van der Waals surface area contributed by atoms with Gasteiger partial charge in [0.2, 0.25) is 0 Å². The van der Waals surface area contributed by atoms with Crippen LogP contribution in [0.1, 0.15) is 49.7 Å².